The average Bonchev–Trinajstić information content (AvgIpc) is 2.63. The number of nitrogens with one attached hydrogen (secondary N) is 1. The fraction of sp³-hybridized carbons (Fsp3) is 0.571. The highest BCUT2D eigenvalue weighted by atomic mass is 16.5. The zero-order valence-corrected chi connectivity index (χ0v) is 16.5. The van der Waals surface area contributed by atoms with Crippen LogP contribution in [0.25, 0.3) is 0 Å². The molecular formula is C21H31NO5. The Balaban J connectivity index is 2.92. The number of ether oxygens (including phenoxy) is 1. The van der Waals surface area contributed by atoms with Gasteiger partial charge in [0.1, 0.15) is 0 Å². The molecule has 0 saturated carbocycles. The van der Waals surface area contributed by atoms with Gasteiger partial charge in [0.2, 0.25) is 5.91 Å². The molecule has 0 radical (unpaired) electrons. The molecule has 0 aromatic heterocycles. The van der Waals surface area contributed by atoms with Crippen LogP contribution >= 0.6 is 0 Å². The van der Waals surface area contributed by atoms with E-state index in [1.807, 2.05) is 0 Å². The first kappa shape index (κ1) is 22.7. The summed E-state index contributed by atoms with van der Waals surface area (Å²) in [6, 6.07) is 6.76. The van der Waals surface area contributed by atoms with Crippen molar-refractivity contribution in [3.8, 4) is 0 Å². The summed E-state index contributed by atoms with van der Waals surface area (Å²) in [6.45, 7) is 4.96. The summed E-state index contributed by atoms with van der Waals surface area (Å²) in [6.07, 6.45) is 8.09. The van der Waals surface area contributed by atoms with Gasteiger partial charge in [0, 0.05) is 12.5 Å². The number of hydrogen-bond acceptors (Lipinski definition) is 4. The molecule has 0 bridgehead atoms. The predicted molar refractivity (Wildman–Crippen MR) is 103 cm³/mol. The van der Waals surface area contributed by atoms with Crippen molar-refractivity contribution >= 4 is 17.8 Å². The molecule has 27 heavy (non-hydrogen) atoms. The third kappa shape index (κ3) is 6.38. The second-order valence-electron chi connectivity index (χ2n) is 6.67. The number of carboxylic acid groups (broad SMARTS) is 1. The van der Waals surface area contributed by atoms with Crippen LogP contribution < -0.4 is 5.32 Å². The number of carbonyl (C=O) groups excluding carboxylic acids is 2. The van der Waals surface area contributed by atoms with Crippen LogP contribution in [-0.4, -0.2) is 29.6 Å². The lowest BCUT2D eigenvalue weighted by Crippen LogP contribution is -2.57. The van der Waals surface area contributed by atoms with Crippen molar-refractivity contribution in [1.82, 2.24) is 5.32 Å². The lowest BCUT2D eigenvalue weighted by molar-refractivity contribution is -0.165. The van der Waals surface area contributed by atoms with Gasteiger partial charge in [-0.2, -0.15) is 0 Å². The van der Waals surface area contributed by atoms with Crippen LogP contribution in [0.15, 0.2) is 24.3 Å². The first-order valence-corrected chi connectivity index (χ1v) is 9.67. The van der Waals surface area contributed by atoms with Gasteiger partial charge in [0.15, 0.2) is 0 Å². The third-order valence-corrected chi connectivity index (χ3v) is 4.47. The Morgan fingerprint density at radius 3 is 2.11 bits per heavy atom. The van der Waals surface area contributed by atoms with Crippen LogP contribution in [0, 0.1) is 0 Å². The molecule has 0 fully saturated rings. The quantitative estimate of drug-likeness (QED) is 0.330. The Labute approximate surface area is 161 Å². The largest absolute Gasteiger partial charge is 0.479 e. The minimum Gasteiger partial charge on any atom is -0.479 e. The number of aryl methyl sites for hydroxylation is 1. The van der Waals surface area contributed by atoms with E-state index in [9.17, 15) is 19.5 Å². The maximum Gasteiger partial charge on any atom is 0.348 e. The Kier molecular flexibility index (Phi) is 9.54. The monoisotopic (exact) mass is 377 g/mol. The number of carboxylic acids is 1. The zero-order valence-electron chi connectivity index (χ0n) is 16.5. The molecule has 6 heteroatoms. The van der Waals surface area contributed by atoms with Crippen molar-refractivity contribution in [2.45, 2.75) is 71.3 Å². The highest BCUT2D eigenvalue weighted by Crippen LogP contribution is 2.25. The van der Waals surface area contributed by atoms with E-state index in [1.54, 1.807) is 31.2 Å². The Morgan fingerprint density at radius 2 is 1.59 bits per heavy atom. The summed E-state index contributed by atoms with van der Waals surface area (Å²) in [5, 5.41) is 12.0. The average molecular weight is 377 g/mol. The molecule has 150 valence electrons. The van der Waals surface area contributed by atoms with Crippen molar-refractivity contribution in [2.24, 2.45) is 0 Å². The molecule has 0 spiro atoms. The number of aliphatic carboxylic acids is 1. The van der Waals surface area contributed by atoms with Crippen molar-refractivity contribution in [3.05, 3.63) is 35.4 Å². The van der Waals surface area contributed by atoms with Crippen molar-refractivity contribution in [1.29, 1.82) is 0 Å². The van der Waals surface area contributed by atoms with Gasteiger partial charge >= 0.3 is 11.9 Å². The van der Waals surface area contributed by atoms with E-state index in [0.29, 0.717) is 0 Å². The van der Waals surface area contributed by atoms with Gasteiger partial charge in [0.25, 0.3) is 5.54 Å². The molecule has 1 atom stereocenters. The van der Waals surface area contributed by atoms with Crippen LogP contribution in [0.3, 0.4) is 0 Å². The summed E-state index contributed by atoms with van der Waals surface area (Å²) in [5.41, 5.74) is -0.990. The Hall–Kier alpha value is -2.37. The normalized spacial score (nSPS) is 12.9. The molecule has 0 aliphatic heterocycles. The zero-order chi connectivity index (χ0) is 20.3. The molecule has 1 unspecified atom stereocenters. The molecular weight excluding hydrogens is 346 g/mol. The smallest absolute Gasteiger partial charge is 0.348 e. The van der Waals surface area contributed by atoms with E-state index >= 15 is 0 Å². The summed E-state index contributed by atoms with van der Waals surface area (Å²) < 4.78 is 4.93. The standard InChI is InChI=1S/C21H31NO5/c1-4-6-7-8-9-10-11-17-12-14-18(15-13-17)21(19(24)25,22-16(3)23)20(26)27-5-2/h12-15H,4-11H2,1-3H3,(H,22,23)(H,24,25). The Morgan fingerprint density at radius 1 is 1.00 bits per heavy atom. The summed E-state index contributed by atoms with van der Waals surface area (Å²) in [7, 11) is 0. The number of esters is 1. The van der Waals surface area contributed by atoms with Crippen molar-refractivity contribution in [2.75, 3.05) is 6.61 Å². The van der Waals surface area contributed by atoms with Crippen molar-refractivity contribution in [3.63, 3.8) is 0 Å². The van der Waals surface area contributed by atoms with Crippen LogP contribution in [0.1, 0.15) is 70.4 Å². The van der Waals surface area contributed by atoms with Crippen LogP contribution in [0.2, 0.25) is 0 Å². The highest BCUT2D eigenvalue weighted by Gasteiger charge is 2.50. The number of unbranched alkanes of at least 4 members (excludes halogenated alkanes) is 5. The Bertz CT molecular complexity index is 626. The number of amides is 1. The molecule has 1 rings (SSSR count). The second-order valence-corrected chi connectivity index (χ2v) is 6.67. The summed E-state index contributed by atoms with van der Waals surface area (Å²) >= 11 is 0. The van der Waals surface area contributed by atoms with E-state index in [4.69, 9.17) is 4.74 Å². The minimum absolute atomic E-state index is 0.0174. The molecule has 1 aromatic carbocycles. The van der Waals surface area contributed by atoms with E-state index in [2.05, 4.69) is 12.2 Å². The summed E-state index contributed by atoms with van der Waals surface area (Å²) in [4.78, 5) is 35.9. The minimum atomic E-state index is -2.24. The van der Waals surface area contributed by atoms with Gasteiger partial charge in [-0.1, -0.05) is 63.3 Å². The maximum atomic E-state index is 12.4. The van der Waals surface area contributed by atoms with E-state index < -0.39 is 23.4 Å². The topological polar surface area (TPSA) is 92.7 Å². The van der Waals surface area contributed by atoms with Gasteiger partial charge in [-0.25, -0.2) is 9.59 Å². The molecule has 1 aromatic rings. The first-order chi connectivity index (χ1) is 12.9. The van der Waals surface area contributed by atoms with Crippen molar-refractivity contribution < 1.29 is 24.2 Å². The highest BCUT2D eigenvalue weighted by molar-refractivity contribution is 6.07. The molecule has 6 nitrogen and oxygen atoms in total. The van der Waals surface area contributed by atoms with Gasteiger partial charge in [-0.3, -0.25) is 4.79 Å². The van der Waals surface area contributed by atoms with Gasteiger partial charge in [-0.15, -0.1) is 0 Å². The number of carbonyl (C=O) groups is 3. The van der Waals surface area contributed by atoms with Gasteiger partial charge < -0.3 is 15.2 Å². The molecule has 0 aliphatic carbocycles. The van der Waals surface area contributed by atoms with Gasteiger partial charge in [0.05, 0.1) is 6.61 Å². The fourth-order valence-corrected chi connectivity index (χ4v) is 3.04. The van der Waals surface area contributed by atoms with E-state index in [-0.39, 0.29) is 12.2 Å². The van der Waals surface area contributed by atoms with E-state index in [1.165, 1.54) is 32.6 Å². The maximum absolute atomic E-state index is 12.4. The van der Waals surface area contributed by atoms with E-state index in [0.717, 1.165) is 24.8 Å². The summed E-state index contributed by atoms with van der Waals surface area (Å²) in [5.74, 6) is -3.10. The fourth-order valence-electron chi connectivity index (χ4n) is 3.04. The second kappa shape index (κ2) is 11.4. The predicted octanol–water partition coefficient (Wildman–Crippen LogP) is 3.57. The SMILES string of the molecule is CCCCCCCCc1ccc(C(NC(C)=O)(C(=O)O)C(=O)OCC)cc1. The number of benzene rings is 1. The lowest BCUT2D eigenvalue weighted by Gasteiger charge is -2.28. The number of hydrogen-bond donors (Lipinski definition) is 2. The van der Waals surface area contributed by atoms with Gasteiger partial charge in [-0.05, 0) is 25.3 Å². The third-order valence-electron chi connectivity index (χ3n) is 4.47. The number of rotatable bonds is 12. The van der Waals surface area contributed by atoms with Crippen LogP contribution in [-0.2, 0) is 31.1 Å². The molecule has 0 heterocycles. The molecule has 2 N–H and O–H groups in total. The molecule has 0 saturated heterocycles. The molecule has 0 aliphatic rings. The lowest BCUT2D eigenvalue weighted by atomic mass is 9.88. The van der Waals surface area contributed by atoms with Crippen LogP contribution in [0.5, 0.6) is 0 Å². The first-order valence-electron chi connectivity index (χ1n) is 9.67. The molecule has 1 amide bonds. The van der Waals surface area contributed by atoms with Crippen LogP contribution in [0.4, 0.5) is 0 Å².